The van der Waals surface area contributed by atoms with Gasteiger partial charge in [-0.1, -0.05) is 206 Å². The van der Waals surface area contributed by atoms with Gasteiger partial charge in [0.15, 0.2) is 0 Å². The smallest absolute Gasteiger partial charge is 0.0721 e. The fourth-order valence-electron chi connectivity index (χ4n) is 8.92. The van der Waals surface area contributed by atoms with E-state index in [9.17, 15) is 0 Å². The summed E-state index contributed by atoms with van der Waals surface area (Å²) < 4.78 is 0. The van der Waals surface area contributed by atoms with E-state index in [0.717, 1.165) is 33.6 Å². The van der Waals surface area contributed by atoms with Gasteiger partial charge in [0.05, 0.1) is 11.4 Å². The van der Waals surface area contributed by atoms with Crippen LogP contribution in [0.15, 0.2) is 224 Å². The number of hydrogen-bond acceptors (Lipinski definition) is 1. The van der Waals surface area contributed by atoms with E-state index in [1.165, 1.54) is 76.5 Å². The first-order valence-corrected chi connectivity index (χ1v) is 20.0. The minimum Gasteiger partial charge on any atom is -0.248 e. The minimum atomic E-state index is 0.964. The topological polar surface area (TPSA) is 12.9 Å². The molecular weight excluding hydrogens is 699 g/mol. The lowest BCUT2D eigenvalue weighted by Gasteiger charge is -2.19. The van der Waals surface area contributed by atoms with Gasteiger partial charge in [0.25, 0.3) is 0 Å². The number of benzene rings is 10. The second kappa shape index (κ2) is 14.2. The Morgan fingerprint density at radius 2 is 0.621 bits per heavy atom. The van der Waals surface area contributed by atoms with Crippen LogP contribution in [0.1, 0.15) is 0 Å². The van der Waals surface area contributed by atoms with Gasteiger partial charge in [0, 0.05) is 11.1 Å². The predicted octanol–water partition coefficient (Wildman–Crippen LogP) is 15.7. The fourth-order valence-corrected chi connectivity index (χ4v) is 8.92. The molecule has 0 fully saturated rings. The van der Waals surface area contributed by atoms with Crippen LogP contribution in [0.2, 0.25) is 0 Å². The van der Waals surface area contributed by atoms with Crippen LogP contribution < -0.4 is 0 Å². The molecule has 0 aliphatic heterocycles. The van der Waals surface area contributed by atoms with E-state index in [-0.39, 0.29) is 0 Å². The summed E-state index contributed by atoms with van der Waals surface area (Å²) in [5, 5.41) is 9.83. The first-order chi connectivity index (χ1) is 28.8. The summed E-state index contributed by atoms with van der Waals surface area (Å²) in [5.74, 6) is 0. The molecule has 0 spiro atoms. The molecule has 11 rings (SSSR count). The molecule has 0 bridgehead atoms. The van der Waals surface area contributed by atoms with Crippen molar-refractivity contribution in [2.45, 2.75) is 0 Å². The Kier molecular flexibility index (Phi) is 8.23. The van der Waals surface area contributed by atoms with E-state index >= 15 is 0 Å². The van der Waals surface area contributed by atoms with Crippen LogP contribution >= 0.6 is 0 Å². The van der Waals surface area contributed by atoms with Crippen LogP contribution in [-0.2, 0) is 0 Å². The van der Waals surface area contributed by atoms with Crippen molar-refractivity contribution in [3.05, 3.63) is 224 Å². The summed E-state index contributed by atoms with van der Waals surface area (Å²) in [6.07, 6.45) is 0. The number of pyridine rings is 1. The van der Waals surface area contributed by atoms with Crippen LogP contribution in [0, 0.1) is 0 Å². The van der Waals surface area contributed by atoms with Gasteiger partial charge in [-0.25, -0.2) is 4.98 Å². The maximum Gasteiger partial charge on any atom is 0.0721 e. The molecule has 1 aromatic heterocycles. The number of nitrogens with zero attached hydrogens (tertiary/aromatic N) is 1. The summed E-state index contributed by atoms with van der Waals surface area (Å²) in [5.41, 5.74) is 13.8. The molecule has 10 aromatic carbocycles. The summed E-state index contributed by atoms with van der Waals surface area (Å²) >= 11 is 0. The highest BCUT2D eigenvalue weighted by Gasteiger charge is 2.18. The zero-order valence-electron chi connectivity index (χ0n) is 31.8. The monoisotopic (exact) mass is 735 g/mol. The molecule has 11 aromatic rings. The Morgan fingerprint density at radius 1 is 0.224 bits per heavy atom. The molecule has 270 valence electrons. The highest BCUT2D eigenvalue weighted by Crippen LogP contribution is 2.45. The lowest BCUT2D eigenvalue weighted by atomic mass is 9.85. The number of rotatable bonds is 6. The van der Waals surface area contributed by atoms with Gasteiger partial charge in [-0.3, -0.25) is 0 Å². The third-order valence-electron chi connectivity index (χ3n) is 11.7. The Hall–Kier alpha value is -7.61. The van der Waals surface area contributed by atoms with Crippen LogP contribution in [0.25, 0.3) is 110 Å². The van der Waals surface area contributed by atoms with Crippen LogP contribution in [-0.4, -0.2) is 4.98 Å². The second-order valence-electron chi connectivity index (χ2n) is 15.0. The Balaban J connectivity index is 1.08. The first-order valence-electron chi connectivity index (χ1n) is 20.0. The largest absolute Gasteiger partial charge is 0.248 e. The van der Waals surface area contributed by atoms with Crippen molar-refractivity contribution in [1.29, 1.82) is 0 Å². The quantitative estimate of drug-likeness (QED) is 0.155. The van der Waals surface area contributed by atoms with E-state index in [4.69, 9.17) is 4.98 Å². The van der Waals surface area contributed by atoms with Gasteiger partial charge in [0.2, 0.25) is 0 Å². The van der Waals surface area contributed by atoms with Crippen LogP contribution in [0.5, 0.6) is 0 Å². The molecule has 0 saturated carbocycles. The number of hydrogen-bond donors (Lipinski definition) is 0. The maximum atomic E-state index is 5.38. The van der Waals surface area contributed by atoms with E-state index in [1.54, 1.807) is 0 Å². The standard InChI is InChI=1S/C57H37N/c1-3-17-42(18-4-1)56-50-25-11-12-26-51(50)57(43-19-5-2-6-20-43)53-35-44(33-34-52(53)56)38-29-31-39(32-30-38)45-36-54(48-27-13-21-40-15-7-9-23-46(40)48)58-55(37-45)49-28-14-22-41-16-8-10-24-47(41)49/h1-37H. The van der Waals surface area contributed by atoms with E-state index in [1.807, 2.05) is 0 Å². The molecule has 0 saturated heterocycles. The van der Waals surface area contributed by atoms with Crippen molar-refractivity contribution in [2.75, 3.05) is 0 Å². The molecular formula is C57H37N. The third-order valence-corrected chi connectivity index (χ3v) is 11.7. The molecule has 1 heterocycles. The molecule has 0 N–H and O–H groups in total. The number of aromatic nitrogens is 1. The van der Waals surface area contributed by atoms with Crippen LogP contribution in [0.4, 0.5) is 0 Å². The summed E-state index contributed by atoms with van der Waals surface area (Å²) in [6.45, 7) is 0. The summed E-state index contributed by atoms with van der Waals surface area (Å²) in [4.78, 5) is 5.38. The average molecular weight is 736 g/mol. The summed E-state index contributed by atoms with van der Waals surface area (Å²) in [6, 6.07) is 81.3. The molecule has 0 atom stereocenters. The molecule has 1 heteroatoms. The van der Waals surface area contributed by atoms with Gasteiger partial charge < -0.3 is 0 Å². The second-order valence-corrected chi connectivity index (χ2v) is 15.0. The van der Waals surface area contributed by atoms with Crippen molar-refractivity contribution in [3.8, 4) is 67.0 Å². The average Bonchev–Trinajstić information content (AvgIpc) is 3.30. The van der Waals surface area contributed by atoms with E-state index < -0.39 is 0 Å². The van der Waals surface area contributed by atoms with Gasteiger partial charge in [0.1, 0.15) is 0 Å². The van der Waals surface area contributed by atoms with Gasteiger partial charge >= 0.3 is 0 Å². The normalized spacial score (nSPS) is 11.4. The van der Waals surface area contributed by atoms with Crippen molar-refractivity contribution in [3.63, 3.8) is 0 Å². The Bertz CT molecular complexity index is 3200. The van der Waals surface area contributed by atoms with Crippen LogP contribution in [0.3, 0.4) is 0 Å². The minimum absolute atomic E-state index is 0.964. The molecule has 0 aliphatic carbocycles. The Morgan fingerprint density at radius 3 is 1.16 bits per heavy atom. The zero-order valence-corrected chi connectivity index (χ0v) is 31.8. The molecule has 0 radical (unpaired) electrons. The SMILES string of the molecule is c1ccc(-c2c3ccccc3c(-c3ccccc3)c3cc(-c4ccc(-c5cc(-c6cccc7ccccc67)nc(-c6cccc7ccccc67)c5)cc4)ccc23)cc1. The highest BCUT2D eigenvalue weighted by molar-refractivity contribution is 6.22. The molecule has 0 unspecified atom stereocenters. The lowest BCUT2D eigenvalue weighted by Crippen LogP contribution is -1.93. The van der Waals surface area contributed by atoms with E-state index in [0.29, 0.717) is 0 Å². The van der Waals surface area contributed by atoms with Crippen molar-refractivity contribution < 1.29 is 0 Å². The van der Waals surface area contributed by atoms with Crippen molar-refractivity contribution >= 4 is 43.1 Å². The maximum absolute atomic E-state index is 5.38. The van der Waals surface area contributed by atoms with Crippen molar-refractivity contribution in [2.24, 2.45) is 0 Å². The number of fused-ring (bicyclic) bond motifs is 4. The summed E-state index contributed by atoms with van der Waals surface area (Å²) in [7, 11) is 0. The predicted molar refractivity (Wildman–Crippen MR) is 247 cm³/mol. The third kappa shape index (κ3) is 5.84. The van der Waals surface area contributed by atoms with E-state index in [2.05, 4.69) is 224 Å². The fraction of sp³-hybridized carbons (Fsp3) is 0. The zero-order chi connectivity index (χ0) is 38.4. The molecule has 0 amide bonds. The highest BCUT2D eigenvalue weighted by atomic mass is 14.7. The van der Waals surface area contributed by atoms with Gasteiger partial charge in [-0.15, -0.1) is 0 Å². The van der Waals surface area contributed by atoms with Gasteiger partial charge in [-0.05, 0) is 106 Å². The van der Waals surface area contributed by atoms with Crippen molar-refractivity contribution in [1.82, 2.24) is 4.98 Å². The first kappa shape index (κ1) is 33.7. The molecule has 0 aliphatic rings. The molecule has 58 heavy (non-hydrogen) atoms. The lowest BCUT2D eigenvalue weighted by molar-refractivity contribution is 1.33. The molecule has 1 nitrogen and oxygen atoms in total. The van der Waals surface area contributed by atoms with Gasteiger partial charge in [-0.2, -0.15) is 0 Å². The Labute approximate surface area is 338 Å².